The van der Waals surface area contributed by atoms with E-state index in [2.05, 4.69) is 22.5 Å². The average molecular weight is 408 g/mol. The van der Waals surface area contributed by atoms with Crippen molar-refractivity contribution in [3.63, 3.8) is 0 Å². The van der Waals surface area contributed by atoms with Gasteiger partial charge in [-0.1, -0.05) is 13.3 Å². The molecule has 8 heteroatoms. The van der Waals surface area contributed by atoms with E-state index in [1.807, 2.05) is 6.26 Å². The molecule has 6 nitrogen and oxygen atoms in total. The average Bonchev–Trinajstić information content (AvgIpc) is 3.27. The molecule has 1 amide bonds. The van der Waals surface area contributed by atoms with Gasteiger partial charge in [0.05, 0.1) is 13.2 Å². The summed E-state index contributed by atoms with van der Waals surface area (Å²) in [6.07, 6.45) is 6.91. The SMILES string of the molecule is CC[C@H]1CCN[C@@H]1CN1CCC[C@H]1C(=O)N[C@@H](CCSC)C(=O)OC.Cl. The molecule has 152 valence electrons. The Labute approximate surface area is 168 Å². The highest BCUT2D eigenvalue weighted by Crippen LogP contribution is 2.24. The zero-order chi connectivity index (χ0) is 18.2. The van der Waals surface area contributed by atoms with Crippen molar-refractivity contribution in [3.8, 4) is 0 Å². The fourth-order valence-electron chi connectivity index (χ4n) is 4.01. The zero-order valence-electron chi connectivity index (χ0n) is 16.2. The van der Waals surface area contributed by atoms with Crippen LogP contribution in [0.15, 0.2) is 0 Å². The summed E-state index contributed by atoms with van der Waals surface area (Å²) in [6, 6.07) is -0.187. The van der Waals surface area contributed by atoms with Crippen LogP contribution in [0.3, 0.4) is 0 Å². The molecule has 2 saturated heterocycles. The summed E-state index contributed by atoms with van der Waals surface area (Å²) >= 11 is 1.66. The minimum absolute atomic E-state index is 0. The quantitative estimate of drug-likeness (QED) is 0.566. The molecule has 0 spiro atoms. The highest BCUT2D eigenvalue weighted by molar-refractivity contribution is 7.98. The number of ether oxygens (including phenoxy) is 1. The second-order valence-electron chi connectivity index (χ2n) is 7.04. The molecular formula is C18H34ClN3O3S. The molecule has 2 aliphatic heterocycles. The van der Waals surface area contributed by atoms with Crippen LogP contribution < -0.4 is 10.6 Å². The number of halogens is 1. The van der Waals surface area contributed by atoms with Crippen LogP contribution in [0.1, 0.15) is 39.0 Å². The number of methoxy groups -OCH3 is 1. The van der Waals surface area contributed by atoms with Crippen molar-refractivity contribution in [2.75, 3.05) is 38.8 Å². The van der Waals surface area contributed by atoms with Crippen LogP contribution in [-0.4, -0.2) is 73.7 Å². The van der Waals surface area contributed by atoms with Crippen molar-refractivity contribution in [1.29, 1.82) is 0 Å². The van der Waals surface area contributed by atoms with E-state index in [-0.39, 0.29) is 30.3 Å². The molecule has 2 rings (SSSR count). The van der Waals surface area contributed by atoms with E-state index in [0.717, 1.165) is 38.2 Å². The molecule has 26 heavy (non-hydrogen) atoms. The van der Waals surface area contributed by atoms with Crippen molar-refractivity contribution in [3.05, 3.63) is 0 Å². The zero-order valence-corrected chi connectivity index (χ0v) is 17.8. The van der Waals surface area contributed by atoms with E-state index in [9.17, 15) is 9.59 Å². The lowest BCUT2D eigenvalue weighted by Crippen LogP contribution is -2.52. The van der Waals surface area contributed by atoms with E-state index >= 15 is 0 Å². The first kappa shape index (κ1) is 23.5. The van der Waals surface area contributed by atoms with Crippen LogP contribution in [0.25, 0.3) is 0 Å². The van der Waals surface area contributed by atoms with Gasteiger partial charge in [-0.05, 0) is 56.7 Å². The summed E-state index contributed by atoms with van der Waals surface area (Å²) in [6.45, 7) is 5.20. The minimum atomic E-state index is -0.541. The number of thioether (sulfide) groups is 1. The van der Waals surface area contributed by atoms with Crippen LogP contribution in [0.4, 0.5) is 0 Å². The number of nitrogens with zero attached hydrogens (tertiary/aromatic N) is 1. The van der Waals surface area contributed by atoms with Gasteiger partial charge >= 0.3 is 5.97 Å². The lowest BCUT2D eigenvalue weighted by molar-refractivity contribution is -0.145. The molecule has 2 fully saturated rings. The maximum Gasteiger partial charge on any atom is 0.328 e. The molecule has 0 aromatic heterocycles. The summed E-state index contributed by atoms with van der Waals surface area (Å²) in [4.78, 5) is 27.0. The molecular weight excluding hydrogens is 374 g/mol. The van der Waals surface area contributed by atoms with Crippen molar-refractivity contribution >= 4 is 36.0 Å². The van der Waals surface area contributed by atoms with E-state index < -0.39 is 6.04 Å². The molecule has 0 aromatic carbocycles. The Morgan fingerprint density at radius 1 is 1.38 bits per heavy atom. The Kier molecular flexibility index (Phi) is 10.9. The minimum Gasteiger partial charge on any atom is -0.467 e. The van der Waals surface area contributed by atoms with Gasteiger partial charge in [-0.3, -0.25) is 9.69 Å². The monoisotopic (exact) mass is 407 g/mol. The summed E-state index contributed by atoms with van der Waals surface area (Å²) in [5, 5.41) is 6.53. The first-order chi connectivity index (χ1) is 12.1. The maximum atomic E-state index is 12.8. The number of nitrogens with one attached hydrogen (secondary N) is 2. The number of carbonyl (C=O) groups excluding carboxylic acids is 2. The third-order valence-corrected chi connectivity index (χ3v) is 6.17. The number of rotatable bonds is 9. The van der Waals surface area contributed by atoms with Gasteiger partial charge in [-0.15, -0.1) is 12.4 Å². The van der Waals surface area contributed by atoms with Gasteiger partial charge in [0.25, 0.3) is 0 Å². The van der Waals surface area contributed by atoms with Gasteiger partial charge in [0.2, 0.25) is 5.91 Å². The summed E-state index contributed by atoms with van der Waals surface area (Å²) in [7, 11) is 1.37. The van der Waals surface area contributed by atoms with Gasteiger partial charge < -0.3 is 15.4 Å². The molecule has 2 N–H and O–H groups in total. The first-order valence-electron chi connectivity index (χ1n) is 9.45. The number of esters is 1. The van der Waals surface area contributed by atoms with Crippen molar-refractivity contribution in [2.45, 2.75) is 57.2 Å². The van der Waals surface area contributed by atoms with E-state index in [0.29, 0.717) is 18.4 Å². The Balaban J connectivity index is 0.00000338. The third-order valence-electron chi connectivity index (χ3n) is 5.53. The molecule has 2 heterocycles. The van der Waals surface area contributed by atoms with Crippen LogP contribution >= 0.6 is 24.2 Å². The largest absolute Gasteiger partial charge is 0.467 e. The fourth-order valence-corrected chi connectivity index (χ4v) is 4.48. The smallest absolute Gasteiger partial charge is 0.328 e. The van der Waals surface area contributed by atoms with Crippen LogP contribution in [0.5, 0.6) is 0 Å². The Morgan fingerprint density at radius 3 is 2.81 bits per heavy atom. The molecule has 4 atom stereocenters. The van der Waals surface area contributed by atoms with Gasteiger partial charge in [0.1, 0.15) is 6.04 Å². The van der Waals surface area contributed by atoms with Crippen molar-refractivity contribution in [1.82, 2.24) is 15.5 Å². The van der Waals surface area contributed by atoms with E-state index in [1.54, 1.807) is 11.8 Å². The third kappa shape index (κ3) is 6.29. The normalized spacial score (nSPS) is 27.0. The highest BCUT2D eigenvalue weighted by atomic mass is 35.5. The number of hydrogen-bond donors (Lipinski definition) is 2. The molecule has 0 bridgehead atoms. The predicted octanol–water partition coefficient (Wildman–Crippen LogP) is 1.67. The second-order valence-corrected chi connectivity index (χ2v) is 8.02. The Morgan fingerprint density at radius 2 is 2.15 bits per heavy atom. The van der Waals surface area contributed by atoms with Crippen LogP contribution in [-0.2, 0) is 14.3 Å². The lowest BCUT2D eigenvalue weighted by Gasteiger charge is -2.30. The number of likely N-dealkylation sites (tertiary alicyclic amines) is 1. The summed E-state index contributed by atoms with van der Waals surface area (Å²) in [5.41, 5.74) is 0. The molecule has 2 aliphatic rings. The summed E-state index contributed by atoms with van der Waals surface area (Å²) < 4.78 is 4.85. The van der Waals surface area contributed by atoms with Gasteiger partial charge in [-0.2, -0.15) is 11.8 Å². The van der Waals surface area contributed by atoms with Crippen LogP contribution in [0, 0.1) is 5.92 Å². The maximum absolute atomic E-state index is 12.8. The number of carbonyl (C=O) groups is 2. The van der Waals surface area contributed by atoms with Gasteiger partial charge in [0, 0.05) is 12.6 Å². The fraction of sp³-hybridized carbons (Fsp3) is 0.889. The Hall–Kier alpha value is -0.500. The topological polar surface area (TPSA) is 70.7 Å². The first-order valence-corrected chi connectivity index (χ1v) is 10.8. The number of amides is 1. The van der Waals surface area contributed by atoms with Gasteiger partial charge in [-0.25, -0.2) is 4.79 Å². The van der Waals surface area contributed by atoms with E-state index in [4.69, 9.17) is 4.74 Å². The van der Waals surface area contributed by atoms with E-state index in [1.165, 1.54) is 20.0 Å². The Bertz CT molecular complexity index is 455. The highest BCUT2D eigenvalue weighted by Gasteiger charge is 2.36. The van der Waals surface area contributed by atoms with Crippen molar-refractivity contribution < 1.29 is 14.3 Å². The molecule has 0 radical (unpaired) electrons. The predicted molar refractivity (Wildman–Crippen MR) is 109 cm³/mol. The standard InChI is InChI=1S/C18H33N3O3S.ClH/c1-4-13-7-9-19-15(13)12-21-10-5-6-16(21)17(22)20-14(8-11-25-3)18(23)24-2;/h13-16,19H,4-12H2,1-3H3,(H,20,22);1H/t13-,14-,15+,16-;/m0./s1. The van der Waals surface area contributed by atoms with Crippen LogP contribution in [0.2, 0.25) is 0 Å². The second kappa shape index (κ2) is 12.1. The molecule has 0 aromatic rings. The number of hydrogen-bond acceptors (Lipinski definition) is 6. The van der Waals surface area contributed by atoms with Crippen molar-refractivity contribution in [2.24, 2.45) is 5.92 Å². The molecule has 0 unspecified atom stereocenters. The van der Waals surface area contributed by atoms with Gasteiger partial charge in [0.15, 0.2) is 0 Å². The lowest BCUT2D eigenvalue weighted by atomic mass is 9.97. The molecule has 0 aliphatic carbocycles. The summed E-state index contributed by atoms with van der Waals surface area (Å²) in [5.74, 6) is 1.14. The molecule has 0 saturated carbocycles.